The van der Waals surface area contributed by atoms with Gasteiger partial charge in [0.2, 0.25) is 0 Å². The third-order valence-corrected chi connectivity index (χ3v) is 3.59. The number of aryl methyl sites for hydroxylation is 2. The van der Waals surface area contributed by atoms with Crippen LogP contribution in [0.3, 0.4) is 0 Å². The van der Waals surface area contributed by atoms with Crippen LogP contribution in [-0.2, 0) is 0 Å². The standard InChI is InChI=1S/C15H22N2O.ClH/c1-10-7-11(2)9-12(8-10)15(18)17-14-5-3-13(16)4-6-14;/h7-9,13-14H,3-6,16H2,1-2H3,(H,17,18);1H. The lowest BCUT2D eigenvalue weighted by atomic mass is 9.91. The van der Waals surface area contributed by atoms with E-state index in [0.29, 0.717) is 6.04 Å². The molecule has 1 saturated carbocycles. The van der Waals surface area contributed by atoms with E-state index in [2.05, 4.69) is 11.4 Å². The summed E-state index contributed by atoms with van der Waals surface area (Å²) in [6.45, 7) is 4.03. The van der Waals surface area contributed by atoms with Crippen LogP contribution in [0, 0.1) is 13.8 Å². The topological polar surface area (TPSA) is 55.1 Å². The zero-order valence-electron chi connectivity index (χ0n) is 11.6. The second-order valence-corrected chi connectivity index (χ2v) is 5.46. The fraction of sp³-hybridized carbons (Fsp3) is 0.533. The quantitative estimate of drug-likeness (QED) is 0.876. The summed E-state index contributed by atoms with van der Waals surface area (Å²) in [6, 6.07) is 6.57. The molecule has 0 unspecified atom stereocenters. The van der Waals surface area contributed by atoms with E-state index >= 15 is 0 Å². The molecule has 0 heterocycles. The Morgan fingerprint density at radius 1 is 1.11 bits per heavy atom. The maximum absolute atomic E-state index is 12.2. The number of halogens is 1. The van der Waals surface area contributed by atoms with Gasteiger partial charge in [-0.2, -0.15) is 0 Å². The zero-order chi connectivity index (χ0) is 13.1. The van der Waals surface area contributed by atoms with Crippen LogP contribution in [0.15, 0.2) is 18.2 Å². The Kier molecular flexibility index (Phi) is 5.83. The first-order chi connectivity index (χ1) is 8.54. The molecule has 2 rings (SSSR count). The number of nitrogens with one attached hydrogen (secondary N) is 1. The fourth-order valence-electron chi connectivity index (χ4n) is 2.64. The molecular weight excluding hydrogens is 260 g/mol. The predicted octanol–water partition coefficient (Wildman–Crippen LogP) is 2.72. The van der Waals surface area contributed by atoms with Gasteiger partial charge in [-0.05, 0) is 51.7 Å². The molecule has 4 heteroatoms. The number of nitrogens with two attached hydrogens (primary N) is 1. The first kappa shape index (κ1) is 16.0. The van der Waals surface area contributed by atoms with Crippen LogP contribution in [0.2, 0.25) is 0 Å². The molecule has 0 aromatic heterocycles. The van der Waals surface area contributed by atoms with E-state index in [1.165, 1.54) is 0 Å². The minimum atomic E-state index is 0. The van der Waals surface area contributed by atoms with Gasteiger partial charge in [-0.25, -0.2) is 0 Å². The maximum atomic E-state index is 12.2. The fourth-order valence-corrected chi connectivity index (χ4v) is 2.64. The Bertz CT molecular complexity index is 420. The molecule has 0 radical (unpaired) electrons. The van der Waals surface area contributed by atoms with E-state index in [0.717, 1.165) is 42.4 Å². The van der Waals surface area contributed by atoms with Crippen LogP contribution in [-0.4, -0.2) is 18.0 Å². The molecule has 19 heavy (non-hydrogen) atoms. The summed E-state index contributed by atoms with van der Waals surface area (Å²) in [6.07, 6.45) is 4.02. The Hall–Kier alpha value is -1.06. The molecule has 0 saturated heterocycles. The lowest BCUT2D eigenvalue weighted by Gasteiger charge is -2.26. The summed E-state index contributed by atoms with van der Waals surface area (Å²) in [4.78, 5) is 12.2. The van der Waals surface area contributed by atoms with Gasteiger partial charge in [0.05, 0.1) is 0 Å². The highest BCUT2D eigenvalue weighted by molar-refractivity contribution is 5.94. The average Bonchev–Trinajstić information content (AvgIpc) is 2.31. The number of carbonyl (C=O) groups excluding carboxylic acids is 1. The van der Waals surface area contributed by atoms with Gasteiger partial charge in [-0.3, -0.25) is 4.79 Å². The minimum absolute atomic E-state index is 0. The highest BCUT2D eigenvalue weighted by Crippen LogP contribution is 2.18. The zero-order valence-corrected chi connectivity index (χ0v) is 12.4. The Morgan fingerprint density at radius 2 is 1.63 bits per heavy atom. The Morgan fingerprint density at radius 3 is 2.16 bits per heavy atom. The summed E-state index contributed by atoms with van der Waals surface area (Å²) in [5.74, 6) is 0.0438. The van der Waals surface area contributed by atoms with Crippen molar-refractivity contribution in [2.24, 2.45) is 5.73 Å². The molecule has 106 valence electrons. The van der Waals surface area contributed by atoms with Crippen molar-refractivity contribution in [2.75, 3.05) is 0 Å². The summed E-state index contributed by atoms with van der Waals surface area (Å²) >= 11 is 0. The Labute approximate surface area is 121 Å². The second kappa shape index (κ2) is 6.92. The first-order valence-corrected chi connectivity index (χ1v) is 6.69. The van der Waals surface area contributed by atoms with Gasteiger partial charge in [0.25, 0.3) is 5.91 Å². The van der Waals surface area contributed by atoms with Crippen LogP contribution in [0.5, 0.6) is 0 Å². The smallest absolute Gasteiger partial charge is 0.251 e. The molecule has 1 aromatic carbocycles. The molecule has 1 aliphatic carbocycles. The summed E-state index contributed by atoms with van der Waals surface area (Å²) in [5.41, 5.74) is 8.89. The first-order valence-electron chi connectivity index (χ1n) is 6.69. The molecule has 3 nitrogen and oxygen atoms in total. The molecular formula is C15H23ClN2O. The molecule has 1 aliphatic rings. The monoisotopic (exact) mass is 282 g/mol. The van der Waals surface area contributed by atoms with Crippen molar-refractivity contribution < 1.29 is 4.79 Å². The summed E-state index contributed by atoms with van der Waals surface area (Å²) in [7, 11) is 0. The van der Waals surface area contributed by atoms with Crippen LogP contribution < -0.4 is 11.1 Å². The van der Waals surface area contributed by atoms with Crippen molar-refractivity contribution in [3.63, 3.8) is 0 Å². The van der Waals surface area contributed by atoms with Crippen LogP contribution >= 0.6 is 12.4 Å². The minimum Gasteiger partial charge on any atom is -0.349 e. The number of hydrogen-bond donors (Lipinski definition) is 2. The van der Waals surface area contributed by atoms with Crippen molar-refractivity contribution in [2.45, 2.75) is 51.6 Å². The molecule has 0 spiro atoms. The lowest BCUT2D eigenvalue weighted by molar-refractivity contribution is 0.0925. The average molecular weight is 283 g/mol. The number of amides is 1. The third kappa shape index (κ3) is 4.51. The molecule has 1 aromatic rings. The summed E-state index contributed by atoms with van der Waals surface area (Å²) < 4.78 is 0. The normalized spacial score (nSPS) is 22.5. The molecule has 1 fully saturated rings. The summed E-state index contributed by atoms with van der Waals surface area (Å²) in [5, 5.41) is 3.12. The van der Waals surface area contributed by atoms with Crippen LogP contribution in [0.1, 0.15) is 47.2 Å². The lowest BCUT2D eigenvalue weighted by Crippen LogP contribution is -2.40. The van der Waals surface area contributed by atoms with Crippen LogP contribution in [0.4, 0.5) is 0 Å². The van der Waals surface area contributed by atoms with E-state index < -0.39 is 0 Å². The van der Waals surface area contributed by atoms with Crippen molar-refractivity contribution >= 4 is 18.3 Å². The van der Waals surface area contributed by atoms with Gasteiger partial charge >= 0.3 is 0 Å². The number of benzene rings is 1. The van der Waals surface area contributed by atoms with Gasteiger partial charge in [-0.1, -0.05) is 17.2 Å². The maximum Gasteiger partial charge on any atom is 0.251 e. The highest BCUT2D eigenvalue weighted by atomic mass is 35.5. The Balaban J connectivity index is 0.00000180. The molecule has 3 N–H and O–H groups in total. The van der Waals surface area contributed by atoms with E-state index in [9.17, 15) is 4.79 Å². The van der Waals surface area contributed by atoms with Gasteiger partial charge in [0.1, 0.15) is 0 Å². The van der Waals surface area contributed by atoms with Crippen LogP contribution in [0.25, 0.3) is 0 Å². The third-order valence-electron chi connectivity index (χ3n) is 3.59. The molecule has 1 amide bonds. The van der Waals surface area contributed by atoms with Gasteiger partial charge in [0.15, 0.2) is 0 Å². The van der Waals surface area contributed by atoms with Crippen molar-refractivity contribution in [3.05, 3.63) is 34.9 Å². The van der Waals surface area contributed by atoms with Crippen molar-refractivity contribution in [1.29, 1.82) is 0 Å². The predicted molar refractivity (Wildman–Crippen MR) is 80.9 cm³/mol. The van der Waals surface area contributed by atoms with Gasteiger partial charge < -0.3 is 11.1 Å². The van der Waals surface area contributed by atoms with E-state index in [4.69, 9.17) is 5.73 Å². The van der Waals surface area contributed by atoms with Crippen molar-refractivity contribution in [1.82, 2.24) is 5.32 Å². The van der Waals surface area contributed by atoms with Crippen molar-refractivity contribution in [3.8, 4) is 0 Å². The number of hydrogen-bond acceptors (Lipinski definition) is 2. The second-order valence-electron chi connectivity index (χ2n) is 5.46. The SMILES string of the molecule is Cc1cc(C)cc(C(=O)NC2CCC(N)CC2)c1.Cl. The van der Waals surface area contributed by atoms with E-state index in [1.54, 1.807) is 0 Å². The molecule has 0 bridgehead atoms. The van der Waals surface area contributed by atoms with Gasteiger partial charge in [-0.15, -0.1) is 12.4 Å². The highest BCUT2D eigenvalue weighted by Gasteiger charge is 2.20. The number of rotatable bonds is 2. The number of carbonyl (C=O) groups is 1. The van der Waals surface area contributed by atoms with E-state index in [1.807, 2.05) is 26.0 Å². The van der Waals surface area contributed by atoms with E-state index in [-0.39, 0.29) is 24.4 Å². The largest absolute Gasteiger partial charge is 0.349 e. The molecule has 0 atom stereocenters. The molecule has 0 aliphatic heterocycles. The van der Waals surface area contributed by atoms with Gasteiger partial charge in [0, 0.05) is 17.6 Å².